The molecule has 2 aromatic rings. The summed E-state index contributed by atoms with van der Waals surface area (Å²) in [5.74, 6) is -0.752. The summed E-state index contributed by atoms with van der Waals surface area (Å²) in [5.41, 5.74) is 3.46. The third-order valence-electron chi connectivity index (χ3n) is 6.01. The molecule has 0 radical (unpaired) electrons. The maximum absolute atomic E-state index is 12.9. The van der Waals surface area contributed by atoms with Gasteiger partial charge in [-0.3, -0.25) is 9.59 Å². The van der Waals surface area contributed by atoms with Gasteiger partial charge in [0.05, 0.1) is 10.8 Å². The highest BCUT2D eigenvalue weighted by atomic mass is 32.2. The quantitative estimate of drug-likeness (QED) is 0.459. The molecule has 0 amide bonds. The number of carbonyl (C=O) groups is 2. The lowest BCUT2D eigenvalue weighted by atomic mass is 9.98. The minimum atomic E-state index is -3.60. The molecule has 1 aliphatic rings. The van der Waals surface area contributed by atoms with E-state index in [2.05, 4.69) is 13.8 Å². The minimum absolute atomic E-state index is 0.232. The van der Waals surface area contributed by atoms with Crippen LogP contribution >= 0.6 is 0 Å². The normalized spacial score (nSPS) is 15.7. The topological polar surface area (TPSA) is 80.8 Å². The van der Waals surface area contributed by atoms with Crippen molar-refractivity contribution in [1.29, 1.82) is 0 Å². The van der Waals surface area contributed by atoms with Crippen molar-refractivity contribution in [3.8, 4) is 0 Å². The summed E-state index contributed by atoms with van der Waals surface area (Å²) >= 11 is 0. The minimum Gasteiger partial charge on any atom is -0.457 e. The third kappa shape index (κ3) is 5.45. The molecular formula is C25H31NO5S. The van der Waals surface area contributed by atoms with E-state index in [1.165, 1.54) is 4.31 Å². The highest BCUT2D eigenvalue weighted by molar-refractivity contribution is 7.89. The fourth-order valence-electron chi connectivity index (χ4n) is 3.87. The van der Waals surface area contributed by atoms with Crippen molar-refractivity contribution in [2.45, 2.75) is 51.3 Å². The van der Waals surface area contributed by atoms with Crippen molar-refractivity contribution in [2.24, 2.45) is 5.92 Å². The number of hydrogen-bond acceptors (Lipinski definition) is 5. The second kappa shape index (κ2) is 9.96. The molecule has 0 N–H and O–H groups in total. The van der Waals surface area contributed by atoms with E-state index in [9.17, 15) is 18.0 Å². The van der Waals surface area contributed by atoms with Gasteiger partial charge < -0.3 is 4.74 Å². The zero-order chi connectivity index (χ0) is 23.5. The Kier molecular flexibility index (Phi) is 7.51. The molecule has 6 nitrogen and oxygen atoms in total. The zero-order valence-corrected chi connectivity index (χ0v) is 19.9. The van der Waals surface area contributed by atoms with Gasteiger partial charge in [0.2, 0.25) is 15.8 Å². The number of nitrogens with zero attached hydrogens (tertiary/aromatic N) is 1. The van der Waals surface area contributed by atoms with Gasteiger partial charge in [-0.15, -0.1) is 0 Å². The van der Waals surface area contributed by atoms with E-state index in [-0.39, 0.29) is 30.4 Å². The predicted octanol–water partition coefficient (Wildman–Crippen LogP) is 4.25. The number of rotatable bonds is 7. The van der Waals surface area contributed by atoms with E-state index in [1.807, 2.05) is 38.1 Å². The molecule has 7 heteroatoms. The number of sulfonamides is 1. The van der Waals surface area contributed by atoms with Crippen LogP contribution in [-0.4, -0.2) is 44.2 Å². The molecule has 172 valence electrons. The first-order chi connectivity index (χ1) is 15.1. The van der Waals surface area contributed by atoms with Crippen LogP contribution in [0, 0.1) is 19.8 Å². The zero-order valence-electron chi connectivity index (χ0n) is 19.1. The van der Waals surface area contributed by atoms with Crippen LogP contribution < -0.4 is 0 Å². The van der Waals surface area contributed by atoms with E-state index in [4.69, 9.17) is 4.74 Å². The van der Waals surface area contributed by atoms with Crippen LogP contribution in [0.5, 0.6) is 0 Å². The molecule has 1 heterocycles. The van der Waals surface area contributed by atoms with Crippen molar-refractivity contribution in [3.63, 3.8) is 0 Å². The third-order valence-corrected chi connectivity index (χ3v) is 7.92. The molecule has 1 fully saturated rings. The smallest absolute Gasteiger partial charge is 0.309 e. The standard InChI is InChI=1S/C25H31NO5S/c1-17(2)20-7-9-22(10-8-20)32(29,30)26-13-11-21(12-14-26)25(28)31-16-24(27)23-15-18(3)5-6-19(23)4/h5-10,15,17,21H,11-14,16H2,1-4H3. The van der Waals surface area contributed by atoms with Gasteiger partial charge in [0.15, 0.2) is 6.61 Å². The molecule has 1 aliphatic heterocycles. The van der Waals surface area contributed by atoms with E-state index in [0.29, 0.717) is 24.3 Å². The Morgan fingerprint density at radius 1 is 1.03 bits per heavy atom. The summed E-state index contributed by atoms with van der Waals surface area (Å²) in [4.78, 5) is 25.2. The van der Waals surface area contributed by atoms with E-state index < -0.39 is 21.9 Å². The highest BCUT2D eigenvalue weighted by Gasteiger charge is 2.33. The average molecular weight is 458 g/mol. The Morgan fingerprint density at radius 2 is 1.66 bits per heavy atom. The first kappa shape index (κ1) is 24.1. The van der Waals surface area contributed by atoms with E-state index in [0.717, 1.165) is 16.7 Å². The molecular weight excluding hydrogens is 426 g/mol. The van der Waals surface area contributed by atoms with Crippen molar-refractivity contribution in [2.75, 3.05) is 19.7 Å². The van der Waals surface area contributed by atoms with Crippen molar-refractivity contribution >= 4 is 21.8 Å². The Bertz CT molecular complexity index is 1080. The molecule has 0 aromatic heterocycles. The number of aryl methyl sites for hydroxylation is 2. The molecule has 1 saturated heterocycles. The number of ketones is 1. The Labute approximate surface area is 190 Å². The van der Waals surface area contributed by atoms with Crippen LogP contribution in [0.2, 0.25) is 0 Å². The number of carbonyl (C=O) groups excluding carboxylic acids is 2. The fraction of sp³-hybridized carbons (Fsp3) is 0.440. The predicted molar refractivity (Wildman–Crippen MR) is 123 cm³/mol. The van der Waals surface area contributed by atoms with Gasteiger partial charge in [0.1, 0.15) is 0 Å². The fourth-order valence-corrected chi connectivity index (χ4v) is 5.34. The molecule has 2 aromatic carbocycles. The molecule has 0 atom stereocenters. The van der Waals surface area contributed by atoms with Gasteiger partial charge in [0.25, 0.3) is 0 Å². The first-order valence-corrected chi connectivity index (χ1v) is 12.4. The van der Waals surface area contributed by atoms with Crippen LogP contribution in [0.15, 0.2) is 47.4 Å². The lowest BCUT2D eigenvalue weighted by Crippen LogP contribution is -2.40. The summed E-state index contributed by atoms with van der Waals surface area (Å²) in [6.07, 6.45) is 0.750. The number of hydrogen-bond donors (Lipinski definition) is 0. The number of benzene rings is 2. The van der Waals surface area contributed by atoms with Gasteiger partial charge in [-0.05, 0) is 61.9 Å². The van der Waals surface area contributed by atoms with Gasteiger partial charge in [-0.1, -0.05) is 43.7 Å². The van der Waals surface area contributed by atoms with Crippen molar-refractivity contribution < 1.29 is 22.7 Å². The summed E-state index contributed by atoms with van der Waals surface area (Å²) in [7, 11) is -3.60. The lowest BCUT2D eigenvalue weighted by Gasteiger charge is -2.30. The first-order valence-electron chi connectivity index (χ1n) is 11.0. The summed E-state index contributed by atoms with van der Waals surface area (Å²) in [6, 6.07) is 12.6. The maximum Gasteiger partial charge on any atom is 0.309 e. The summed E-state index contributed by atoms with van der Waals surface area (Å²) < 4.78 is 32.6. The summed E-state index contributed by atoms with van der Waals surface area (Å²) in [6.45, 7) is 8.07. The molecule has 32 heavy (non-hydrogen) atoms. The molecule has 0 unspecified atom stereocenters. The Balaban J connectivity index is 1.55. The van der Waals surface area contributed by atoms with Crippen molar-refractivity contribution in [1.82, 2.24) is 4.31 Å². The van der Waals surface area contributed by atoms with Crippen LogP contribution in [0.1, 0.15) is 59.7 Å². The van der Waals surface area contributed by atoms with E-state index >= 15 is 0 Å². The van der Waals surface area contributed by atoms with Gasteiger partial charge in [-0.2, -0.15) is 4.31 Å². The van der Waals surface area contributed by atoms with Crippen LogP contribution in [-0.2, 0) is 19.6 Å². The van der Waals surface area contributed by atoms with Gasteiger partial charge >= 0.3 is 5.97 Å². The van der Waals surface area contributed by atoms with Crippen LogP contribution in [0.3, 0.4) is 0 Å². The monoisotopic (exact) mass is 457 g/mol. The van der Waals surface area contributed by atoms with Gasteiger partial charge in [-0.25, -0.2) is 8.42 Å². The van der Waals surface area contributed by atoms with Crippen LogP contribution in [0.4, 0.5) is 0 Å². The van der Waals surface area contributed by atoms with Gasteiger partial charge in [0, 0.05) is 18.7 Å². The molecule has 0 aliphatic carbocycles. The number of Topliss-reactive ketones (excluding diaryl/α,β-unsaturated/α-hetero) is 1. The van der Waals surface area contributed by atoms with Crippen LogP contribution in [0.25, 0.3) is 0 Å². The molecule has 0 spiro atoms. The molecule has 3 rings (SSSR count). The number of esters is 1. The second-order valence-corrected chi connectivity index (χ2v) is 10.7. The second-order valence-electron chi connectivity index (χ2n) is 8.75. The summed E-state index contributed by atoms with van der Waals surface area (Å²) in [5, 5.41) is 0. The average Bonchev–Trinajstić information content (AvgIpc) is 2.79. The van der Waals surface area contributed by atoms with E-state index in [1.54, 1.807) is 18.2 Å². The van der Waals surface area contributed by atoms with Crippen molar-refractivity contribution in [3.05, 3.63) is 64.7 Å². The SMILES string of the molecule is Cc1ccc(C)c(C(=O)COC(=O)C2CCN(S(=O)(=O)c3ccc(C(C)C)cc3)CC2)c1. The largest absolute Gasteiger partial charge is 0.457 e. The maximum atomic E-state index is 12.9. The number of piperidine rings is 1. The Morgan fingerprint density at radius 3 is 2.25 bits per heavy atom. The Hall–Kier alpha value is -2.51. The lowest BCUT2D eigenvalue weighted by molar-refractivity contribution is -0.148. The highest BCUT2D eigenvalue weighted by Crippen LogP contribution is 2.26. The molecule has 0 saturated carbocycles. The molecule has 0 bridgehead atoms. The number of ether oxygens (including phenoxy) is 1.